The molecule has 3 heterocycles. The molecule has 0 radical (unpaired) electrons. The van der Waals surface area contributed by atoms with Crippen molar-refractivity contribution < 1.29 is 23.9 Å². The van der Waals surface area contributed by atoms with Gasteiger partial charge < -0.3 is 20.5 Å². The molecule has 2 aliphatic rings. The summed E-state index contributed by atoms with van der Waals surface area (Å²) in [4.78, 5) is 36.3. The van der Waals surface area contributed by atoms with Gasteiger partial charge in [0, 0.05) is 37.4 Å². The van der Waals surface area contributed by atoms with Crippen molar-refractivity contribution in [1.29, 1.82) is 0 Å². The molecule has 0 atom stereocenters. The zero-order valence-electron chi connectivity index (χ0n) is 19.6. The minimum absolute atomic E-state index is 0.0229. The van der Waals surface area contributed by atoms with E-state index in [0.717, 1.165) is 56.6 Å². The molecule has 34 heavy (non-hydrogen) atoms. The van der Waals surface area contributed by atoms with Gasteiger partial charge >= 0.3 is 5.97 Å². The van der Waals surface area contributed by atoms with Crippen LogP contribution in [0.3, 0.4) is 0 Å². The van der Waals surface area contributed by atoms with Gasteiger partial charge in [0.1, 0.15) is 5.69 Å². The summed E-state index contributed by atoms with van der Waals surface area (Å²) in [7, 11) is 0. The first-order valence-electron chi connectivity index (χ1n) is 11.9. The quantitative estimate of drug-likeness (QED) is 0.452. The number of unbranched alkanes of at least 4 members (excludes halogenated alkanes) is 1. The molecule has 9 nitrogen and oxygen atoms in total. The maximum Gasteiger partial charge on any atom is 0.338 e. The van der Waals surface area contributed by atoms with E-state index in [1.165, 1.54) is 24.3 Å². The van der Waals surface area contributed by atoms with E-state index >= 15 is 0 Å². The second-order valence-electron chi connectivity index (χ2n) is 9.10. The summed E-state index contributed by atoms with van der Waals surface area (Å²) >= 11 is 0. The number of nitrogens with two attached hydrogens (primary N) is 1. The Morgan fingerprint density at radius 2 is 1.88 bits per heavy atom. The molecule has 182 valence electrons. The molecule has 0 aliphatic carbocycles. The number of fused-ring (bicyclic) bond motifs is 1. The van der Waals surface area contributed by atoms with Gasteiger partial charge in [-0.25, -0.2) is 4.79 Å². The third-order valence-electron chi connectivity index (χ3n) is 6.82. The SMILES string of the molecule is CCn1nc(CCCCOC(=O)c2ccc(C(N)=O)cc2)c2c1C(=O)NCC1(CCOCC1)C2. The molecule has 0 saturated carbocycles. The lowest BCUT2D eigenvalue weighted by Gasteiger charge is -2.36. The third kappa shape index (κ3) is 5.14. The molecule has 1 spiro atoms. The van der Waals surface area contributed by atoms with Crippen LogP contribution in [0.4, 0.5) is 0 Å². The number of carbonyl (C=O) groups excluding carboxylic acids is 3. The summed E-state index contributed by atoms with van der Waals surface area (Å²) in [5.74, 6) is -1.02. The largest absolute Gasteiger partial charge is 0.462 e. The van der Waals surface area contributed by atoms with Crippen molar-refractivity contribution in [2.24, 2.45) is 11.1 Å². The van der Waals surface area contributed by atoms with E-state index in [1.807, 2.05) is 11.6 Å². The van der Waals surface area contributed by atoms with Crippen LogP contribution in [0, 0.1) is 5.41 Å². The molecule has 0 unspecified atom stereocenters. The van der Waals surface area contributed by atoms with E-state index < -0.39 is 11.9 Å². The molecule has 0 bridgehead atoms. The highest BCUT2D eigenvalue weighted by Gasteiger charge is 2.39. The zero-order valence-corrected chi connectivity index (χ0v) is 19.6. The Morgan fingerprint density at radius 3 is 2.56 bits per heavy atom. The van der Waals surface area contributed by atoms with Crippen LogP contribution in [0.2, 0.25) is 0 Å². The van der Waals surface area contributed by atoms with Crippen molar-refractivity contribution in [2.45, 2.75) is 52.0 Å². The van der Waals surface area contributed by atoms with Crippen LogP contribution in [0.15, 0.2) is 24.3 Å². The van der Waals surface area contributed by atoms with Crippen LogP contribution in [0.5, 0.6) is 0 Å². The van der Waals surface area contributed by atoms with Crippen molar-refractivity contribution in [3.63, 3.8) is 0 Å². The van der Waals surface area contributed by atoms with Gasteiger partial charge in [-0.1, -0.05) is 0 Å². The fourth-order valence-electron chi connectivity index (χ4n) is 4.78. The van der Waals surface area contributed by atoms with Gasteiger partial charge in [0.15, 0.2) is 0 Å². The molecule has 2 aromatic rings. The number of ether oxygens (including phenoxy) is 2. The summed E-state index contributed by atoms with van der Waals surface area (Å²) < 4.78 is 12.8. The fourth-order valence-corrected chi connectivity index (χ4v) is 4.78. The molecule has 1 aromatic carbocycles. The topological polar surface area (TPSA) is 126 Å². The number of hydrogen-bond donors (Lipinski definition) is 2. The lowest BCUT2D eigenvalue weighted by atomic mass is 9.75. The first-order chi connectivity index (χ1) is 16.4. The summed E-state index contributed by atoms with van der Waals surface area (Å²) in [6, 6.07) is 6.09. The number of aryl methyl sites for hydroxylation is 2. The molecule has 1 fully saturated rings. The smallest absolute Gasteiger partial charge is 0.338 e. The number of nitrogens with zero attached hydrogens (tertiary/aromatic N) is 2. The molecular formula is C25H32N4O5. The number of amides is 2. The van der Waals surface area contributed by atoms with E-state index in [2.05, 4.69) is 5.32 Å². The summed E-state index contributed by atoms with van der Waals surface area (Å²) in [6.07, 6.45) is 4.89. The Hall–Kier alpha value is -3.20. The zero-order chi connectivity index (χ0) is 24.1. The number of primary amides is 1. The Morgan fingerprint density at radius 1 is 1.18 bits per heavy atom. The number of esters is 1. The third-order valence-corrected chi connectivity index (χ3v) is 6.82. The van der Waals surface area contributed by atoms with Gasteiger partial charge in [-0.05, 0) is 75.1 Å². The van der Waals surface area contributed by atoms with Crippen LogP contribution >= 0.6 is 0 Å². The minimum atomic E-state index is -0.538. The van der Waals surface area contributed by atoms with E-state index in [9.17, 15) is 14.4 Å². The molecule has 1 saturated heterocycles. The Kier molecular flexibility index (Phi) is 7.31. The summed E-state index contributed by atoms with van der Waals surface area (Å²) in [5, 5.41) is 7.89. The summed E-state index contributed by atoms with van der Waals surface area (Å²) in [5.41, 5.74) is 8.68. The lowest BCUT2D eigenvalue weighted by Crippen LogP contribution is -2.40. The van der Waals surface area contributed by atoms with Crippen molar-refractivity contribution in [3.8, 4) is 0 Å². The fraction of sp³-hybridized carbons (Fsp3) is 0.520. The molecule has 4 rings (SSSR count). The van der Waals surface area contributed by atoms with Gasteiger partial charge in [0.2, 0.25) is 5.91 Å². The maximum absolute atomic E-state index is 12.9. The predicted octanol–water partition coefficient (Wildman–Crippen LogP) is 2.26. The van der Waals surface area contributed by atoms with Crippen LogP contribution < -0.4 is 11.1 Å². The van der Waals surface area contributed by atoms with Crippen molar-refractivity contribution >= 4 is 17.8 Å². The molecule has 1 aromatic heterocycles. The standard InChI is InChI=1S/C25H32N4O5/c1-2-29-21-19(15-25(16-27-23(21)31)10-13-33-14-11-25)20(28-29)5-3-4-12-34-24(32)18-8-6-17(7-9-18)22(26)30/h6-9H,2-5,10-16H2,1H3,(H2,26,30)(H,27,31). The van der Waals surface area contributed by atoms with Gasteiger partial charge in [0.25, 0.3) is 5.91 Å². The molecule has 9 heteroatoms. The Balaban J connectivity index is 1.36. The summed E-state index contributed by atoms with van der Waals surface area (Å²) in [6.45, 7) is 5.03. The van der Waals surface area contributed by atoms with Crippen molar-refractivity contribution in [1.82, 2.24) is 15.1 Å². The predicted molar refractivity (Wildman–Crippen MR) is 125 cm³/mol. The van der Waals surface area contributed by atoms with E-state index in [1.54, 1.807) is 0 Å². The van der Waals surface area contributed by atoms with Gasteiger partial charge in [-0.15, -0.1) is 0 Å². The average Bonchev–Trinajstić information content (AvgIpc) is 3.12. The van der Waals surface area contributed by atoms with Gasteiger partial charge in [0.05, 0.1) is 17.9 Å². The Labute approximate surface area is 199 Å². The highest BCUT2D eigenvalue weighted by Crippen LogP contribution is 2.37. The number of hydrogen-bond acceptors (Lipinski definition) is 6. The monoisotopic (exact) mass is 468 g/mol. The highest BCUT2D eigenvalue weighted by atomic mass is 16.5. The number of rotatable bonds is 8. The normalized spacial score (nSPS) is 17.0. The minimum Gasteiger partial charge on any atom is -0.462 e. The van der Waals surface area contributed by atoms with E-state index in [4.69, 9.17) is 20.3 Å². The second-order valence-corrected chi connectivity index (χ2v) is 9.10. The van der Waals surface area contributed by atoms with Crippen molar-refractivity contribution in [2.75, 3.05) is 26.4 Å². The second kappa shape index (κ2) is 10.4. The molecule has 3 N–H and O–H groups in total. The lowest BCUT2D eigenvalue weighted by molar-refractivity contribution is 0.0160. The van der Waals surface area contributed by atoms with Crippen LogP contribution in [-0.2, 0) is 28.9 Å². The average molecular weight is 469 g/mol. The van der Waals surface area contributed by atoms with E-state index in [-0.39, 0.29) is 17.9 Å². The van der Waals surface area contributed by atoms with Gasteiger partial charge in [-0.2, -0.15) is 5.10 Å². The molecule has 2 amide bonds. The first-order valence-corrected chi connectivity index (χ1v) is 11.9. The first kappa shape index (κ1) is 23.9. The van der Waals surface area contributed by atoms with Crippen LogP contribution in [0.25, 0.3) is 0 Å². The molecule has 2 aliphatic heterocycles. The highest BCUT2D eigenvalue weighted by molar-refractivity contribution is 5.95. The van der Waals surface area contributed by atoms with E-state index in [0.29, 0.717) is 36.3 Å². The van der Waals surface area contributed by atoms with Crippen molar-refractivity contribution in [3.05, 3.63) is 52.3 Å². The number of benzene rings is 1. The van der Waals surface area contributed by atoms with Crippen LogP contribution in [-0.4, -0.2) is 53.9 Å². The Bertz CT molecular complexity index is 1050. The van der Waals surface area contributed by atoms with Crippen LogP contribution in [0.1, 0.15) is 75.1 Å². The maximum atomic E-state index is 12.9. The molecular weight excluding hydrogens is 436 g/mol. The number of carbonyl (C=O) groups is 3. The number of nitrogens with one attached hydrogen (secondary N) is 1. The van der Waals surface area contributed by atoms with Gasteiger partial charge in [-0.3, -0.25) is 14.3 Å². The number of aromatic nitrogens is 2.